The van der Waals surface area contributed by atoms with Gasteiger partial charge in [-0.05, 0) is 37.0 Å². The van der Waals surface area contributed by atoms with Crippen LogP contribution in [0.25, 0.3) is 0 Å². The van der Waals surface area contributed by atoms with Crippen molar-refractivity contribution in [1.82, 2.24) is 0 Å². The fourth-order valence-corrected chi connectivity index (χ4v) is 2.49. The lowest BCUT2D eigenvalue weighted by molar-refractivity contribution is 0.272. The van der Waals surface area contributed by atoms with Crippen molar-refractivity contribution in [3.63, 3.8) is 0 Å². The summed E-state index contributed by atoms with van der Waals surface area (Å²) in [6.07, 6.45) is 6.18. The molecule has 2 bridgehead atoms. The first-order valence-electron chi connectivity index (χ1n) is 3.90. The van der Waals surface area contributed by atoms with Crippen LogP contribution in [-0.4, -0.2) is 0 Å². The second-order valence-electron chi connectivity index (χ2n) is 3.50. The van der Waals surface area contributed by atoms with Crippen molar-refractivity contribution in [2.75, 3.05) is 0 Å². The number of fused-ring (bicyclic) bond motifs is 1. The molecule has 3 saturated carbocycles. The average Bonchev–Trinajstić information content (AvgIpc) is 2.15. The first-order valence-corrected chi connectivity index (χ1v) is 3.90. The minimum absolute atomic E-state index is 1.14. The summed E-state index contributed by atoms with van der Waals surface area (Å²) >= 11 is 0. The molecule has 1 unspecified atom stereocenters. The van der Waals surface area contributed by atoms with Gasteiger partial charge in [0.2, 0.25) is 0 Å². The van der Waals surface area contributed by atoms with Gasteiger partial charge in [0.05, 0.1) is 0 Å². The molecule has 1 atom stereocenters. The summed E-state index contributed by atoms with van der Waals surface area (Å²) in [5.41, 5.74) is 0. The molecule has 0 aromatic carbocycles. The molecule has 46 valence electrons. The highest BCUT2D eigenvalue weighted by Gasteiger charge is 2.42. The molecule has 0 nitrogen and oxygen atoms in total. The highest BCUT2D eigenvalue weighted by Crippen LogP contribution is 2.53. The van der Waals surface area contributed by atoms with E-state index in [1.165, 1.54) is 18.3 Å². The number of hydrogen-bond donors (Lipinski definition) is 0. The molecule has 8 heavy (non-hydrogen) atoms. The average molecular weight is 110 g/mol. The van der Waals surface area contributed by atoms with E-state index in [0.717, 1.165) is 5.92 Å². The van der Waals surface area contributed by atoms with Crippen molar-refractivity contribution in [3.05, 3.63) is 0 Å². The third-order valence-electron chi connectivity index (χ3n) is 3.10. The van der Waals surface area contributed by atoms with Crippen LogP contribution in [0.15, 0.2) is 0 Å². The molecule has 0 aliphatic heterocycles. The van der Waals surface area contributed by atoms with Crippen LogP contribution in [-0.2, 0) is 0 Å². The molecule has 3 aliphatic carbocycles. The van der Waals surface area contributed by atoms with Gasteiger partial charge < -0.3 is 0 Å². The maximum Gasteiger partial charge on any atom is -0.0381 e. The summed E-state index contributed by atoms with van der Waals surface area (Å²) in [7, 11) is 0. The molecule has 0 aromatic heterocycles. The molecule has 0 heteroatoms. The summed E-state index contributed by atoms with van der Waals surface area (Å²) in [4.78, 5) is 0. The van der Waals surface area contributed by atoms with E-state index in [0.29, 0.717) is 0 Å². The minimum Gasteiger partial charge on any atom is -0.0651 e. The van der Waals surface area contributed by atoms with Crippen LogP contribution in [0.5, 0.6) is 0 Å². The quantitative estimate of drug-likeness (QED) is 0.486. The Morgan fingerprint density at radius 2 is 2.00 bits per heavy atom. The number of rotatable bonds is 1. The first kappa shape index (κ1) is 4.84. The lowest BCUT2D eigenvalue weighted by Crippen LogP contribution is -2.13. The van der Waals surface area contributed by atoms with Gasteiger partial charge >= 0.3 is 0 Å². The zero-order valence-electron chi connectivity index (χ0n) is 5.56. The van der Waals surface area contributed by atoms with Crippen LogP contribution in [0.4, 0.5) is 0 Å². The van der Waals surface area contributed by atoms with E-state index < -0.39 is 0 Å². The van der Waals surface area contributed by atoms with E-state index in [-0.39, 0.29) is 0 Å². The van der Waals surface area contributed by atoms with Crippen LogP contribution in [0.1, 0.15) is 32.6 Å². The van der Waals surface area contributed by atoms with E-state index in [1.54, 1.807) is 19.3 Å². The highest BCUT2D eigenvalue weighted by atomic mass is 14.5. The van der Waals surface area contributed by atoms with Crippen LogP contribution in [0.3, 0.4) is 0 Å². The lowest BCUT2D eigenvalue weighted by Gasteiger charge is -2.23. The molecule has 0 aromatic rings. The highest BCUT2D eigenvalue weighted by molar-refractivity contribution is 4.93. The van der Waals surface area contributed by atoms with Gasteiger partial charge in [-0.3, -0.25) is 0 Å². The summed E-state index contributed by atoms with van der Waals surface area (Å²) < 4.78 is 0. The Balaban J connectivity index is 2.00. The normalized spacial score (nSPS) is 51.4. The van der Waals surface area contributed by atoms with Crippen LogP contribution in [0.2, 0.25) is 0 Å². The molecule has 3 fully saturated rings. The Bertz CT molecular complexity index is 90.2. The third kappa shape index (κ3) is 0.463. The topological polar surface area (TPSA) is 0 Å². The summed E-state index contributed by atoms with van der Waals surface area (Å²) in [6, 6.07) is 0. The van der Waals surface area contributed by atoms with Crippen LogP contribution >= 0.6 is 0 Å². The largest absolute Gasteiger partial charge is 0.0651 e. The molecule has 0 spiro atoms. The lowest BCUT2D eigenvalue weighted by atomic mass is 9.82. The van der Waals surface area contributed by atoms with E-state index in [1.807, 2.05) is 0 Å². The van der Waals surface area contributed by atoms with Gasteiger partial charge in [0.15, 0.2) is 0 Å². The second-order valence-corrected chi connectivity index (χ2v) is 3.50. The second kappa shape index (κ2) is 1.49. The molecule has 3 rings (SSSR count). The predicted octanol–water partition coefficient (Wildman–Crippen LogP) is 2.44. The van der Waals surface area contributed by atoms with E-state index in [9.17, 15) is 0 Å². The molecular formula is C8H14. The van der Waals surface area contributed by atoms with Gasteiger partial charge in [0, 0.05) is 0 Å². The molecule has 0 N–H and O–H groups in total. The van der Waals surface area contributed by atoms with Crippen LogP contribution in [0, 0.1) is 17.8 Å². The Labute approximate surface area is 51.3 Å². The fraction of sp³-hybridized carbons (Fsp3) is 1.00. The molecule has 0 amide bonds. The Hall–Kier alpha value is 0. The standard InChI is InChI=1S/C8H14/c1-2-7-3-6-4-8(7)5-6/h6-8H,2-5H2,1H3. The van der Waals surface area contributed by atoms with Crippen molar-refractivity contribution in [2.24, 2.45) is 17.8 Å². The van der Waals surface area contributed by atoms with Crippen molar-refractivity contribution in [1.29, 1.82) is 0 Å². The molecule has 3 aliphatic rings. The smallest absolute Gasteiger partial charge is 0.0381 e. The molecule has 0 heterocycles. The fourth-order valence-electron chi connectivity index (χ4n) is 2.49. The van der Waals surface area contributed by atoms with E-state index >= 15 is 0 Å². The van der Waals surface area contributed by atoms with Crippen molar-refractivity contribution < 1.29 is 0 Å². The molecule has 0 radical (unpaired) electrons. The Morgan fingerprint density at radius 3 is 2.25 bits per heavy atom. The van der Waals surface area contributed by atoms with Gasteiger partial charge in [0.1, 0.15) is 0 Å². The summed E-state index contributed by atoms with van der Waals surface area (Å²) in [5.74, 6) is 3.48. The van der Waals surface area contributed by atoms with Crippen molar-refractivity contribution in [2.45, 2.75) is 32.6 Å². The molecular weight excluding hydrogens is 96.1 g/mol. The van der Waals surface area contributed by atoms with E-state index in [4.69, 9.17) is 0 Å². The van der Waals surface area contributed by atoms with Crippen molar-refractivity contribution in [3.8, 4) is 0 Å². The van der Waals surface area contributed by atoms with Gasteiger partial charge in [-0.25, -0.2) is 0 Å². The predicted molar refractivity (Wildman–Crippen MR) is 34.6 cm³/mol. The maximum absolute atomic E-state index is 2.34. The maximum atomic E-state index is 2.34. The van der Waals surface area contributed by atoms with Crippen LogP contribution < -0.4 is 0 Å². The summed E-state index contributed by atoms with van der Waals surface area (Å²) in [6.45, 7) is 2.34. The zero-order valence-corrected chi connectivity index (χ0v) is 5.56. The summed E-state index contributed by atoms with van der Waals surface area (Å²) in [5, 5.41) is 0. The zero-order chi connectivity index (χ0) is 5.56. The Morgan fingerprint density at radius 1 is 1.25 bits per heavy atom. The molecule has 0 saturated heterocycles. The van der Waals surface area contributed by atoms with Gasteiger partial charge in [-0.15, -0.1) is 0 Å². The third-order valence-corrected chi connectivity index (χ3v) is 3.10. The van der Waals surface area contributed by atoms with Gasteiger partial charge in [-0.2, -0.15) is 0 Å². The first-order chi connectivity index (χ1) is 3.90. The van der Waals surface area contributed by atoms with E-state index in [2.05, 4.69) is 6.92 Å². The monoisotopic (exact) mass is 110 g/mol. The van der Waals surface area contributed by atoms with Gasteiger partial charge in [0.25, 0.3) is 0 Å². The minimum atomic E-state index is 1.14. The van der Waals surface area contributed by atoms with Crippen molar-refractivity contribution >= 4 is 0 Å². The SMILES string of the molecule is CCC1CC2CC1C2. The number of hydrogen-bond acceptors (Lipinski definition) is 0. The van der Waals surface area contributed by atoms with Gasteiger partial charge in [-0.1, -0.05) is 13.3 Å². The Kier molecular flexibility index (Phi) is 0.902.